The molecule has 19 heavy (non-hydrogen) atoms. The molecule has 0 heterocycles. The lowest BCUT2D eigenvalue weighted by Gasteiger charge is -2.22. The molecule has 0 bridgehead atoms. The van der Waals surface area contributed by atoms with Gasteiger partial charge in [0.1, 0.15) is 17.6 Å². The van der Waals surface area contributed by atoms with E-state index >= 15 is 0 Å². The predicted octanol–water partition coefficient (Wildman–Crippen LogP) is 2.31. The third-order valence-electron chi connectivity index (χ3n) is 2.05. The van der Waals surface area contributed by atoms with Crippen molar-refractivity contribution in [2.75, 3.05) is 6.61 Å². The smallest absolute Gasteiger partial charge is 0.361 e. The van der Waals surface area contributed by atoms with Crippen LogP contribution in [0.2, 0.25) is 0 Å². The average Bonchev–Trinajstić information content (AvgIpc) is 2.24. The molecule has 1 unspecified atom stereocenters. The number of rotatable bonds is 3. The van der Waals surface area contributed by atoms with Crippen LogP contribution in [0, 0.1) is 0 Å². The van der Waals surface area contributed by atoms with Crippen molar-refractivity contribution in [3.63, 3.8) is 0 Å². The van der Waals surface area contributed by atoms with Gasteiger partial charge in [0.25, 0.3) is 6.43 Å². The second kappa shape index (κ2) is 6.02. The lowest BCUT2D eigenvalue weighted by Crippen LogP contribution is -2.31. The third-order valence-corrected chi connectivity index (χ3v) is 3.18. The van der Waals surface area contributed by atoms with Gasteiger partial charge in [-0.05, 0) is 12.2 Å². The average molecular weight is 325 g/mol. The maximum Gasteiger partial charge on any atom is 0.417 e. The Morgan fingerprint density at radius 3 is 2.32 bits per heavy atom. The van der Waals surface area contributed by atoms with E-state index in [-0.39, 0.29) is 0 Å². The first-order valence-corrected chi connectivity index (χ1v) is 6.10. The molecule has 0 N–H and O–H groups in total. The van der Waals surface area contributed by atoms with Crippen molar-refractivity contribution >= 4 is 26.8 Å². The molecule has 1 rings (SSSR count). The Bertz CT molecular complexity index is 539. The summed E-state index contributed by atoms with van der Waals surface area (Å²) in [5, 5.41) is -0.991. The minimum absolute atomic E-state index is 0.454. The zero-order valence-electron chi connectivity index (χ0n) is 8.92. The Hall–Kier alpha value is -0.930. The van der Waals surface area contributed by atoms with Gasteiger partial charge in [-0.2, -0.15) is 21.6 Å². The lowest BCUT2D eigenvalue weighted by molar-refractivity contribution is -0.0897. The van der Waals surface area contributed by atoms with E-state index in [1.165, 1.54) is 0 Å². The maximum atomic E-state index is 12.5. The van der Waals surface area contributed by atoms with Crippen molar-refractivity contribution in [1.29, 1.82) is 0 Å². The van der Waals surface area contributed by atoms with Gasteiger partial charge >= 0.3 is 6.18 Å². The van der Waals surface area contributed by atoms with E-state index in [1.807, 2.05) is 0 Å². The zero-order chi connectivity index (χ0) is 14.8. The molecule has 0 spiro atoms. The molecule has 0 aliphatic heterocycles. The quantitative estimate of drug-likeness (QED) is 0.591. The summed E-state index contributed by atoms with van der Waals surface area (Å²) in [6, 6.07) is 0. The third kappa shape index (κ3) is 4.02. The Morgan fingerprint density at radius 2 is 1.89 bits per heavy atom. The van der Waals surface area contributed by atoms with Gasteiger partial charge in [0, 0.05) is 0 Å². The molecule has 3 nitrogen and oxygen atoms in total. The molecular weight excluding hydrogens is 319 g/mol. The van der Waals surface area contributed by atoms with Gasteiger partial charge in [-0.15, -0.1) is 0 Å². The first-order valence-electron chi connectivity index (χ1n) is 4.65. The monoisotopic (exact) mass is 324 g/mol. The molecule has 1 aliphatic rings. The van der Waals surface area contributed by atoms with E-state index in [4.69, 9.17) is 11.6 Å². The molecular formula is C9H6ClF5O3S. The molecule has 0 fully saturated rings. The standard InChI is InChI=1S/C9H6ClF5O3S/c10-7-4(9(13,14)15)1-2-5(19(16)17)8(7)18-3-6(11)12/h1-2,6,8H,3H2. The first kappa shape index (κ1) is 16.1. The SMILES string of the molecule is O=S(=O)=C1C=CC(C(F)(F)F)=C(Cl)C1OCC(F)F. The second-order valence-electron chi connectivity index (χ2n) is 3.33. The van der Waals surface area contributed by atoms with Crippen molar-refractivity contribution < 1.29 is 35.1 Å². The molecule has 1 aliphatic carbocycles. The number of hydrogen-bond acceptors (Lipinski definition) is 3. The first-order chi connectivity index (χ1) is 8.64. The highest BCUT2D eigenvalue weighted by atomic mass is 35.5. The van der Waals surface area contributed by atoms with Gasteiger partial charge in [0.15, 0.2) is 0 Å². The van der Waals surface area contributed by atoms with Crippen molar-refractivity contribution in [3.8, 4) is 0 Å². The highest BCUT2D eigenvalue weighted by molar-refractivity contribution is 7.73. The van der Waals surface area contributed by atoms with Crippen LogP contribution in [0.1, 0.15) is 0 Å². The van der Waals surface area contributed by atoms with Gasteiger partial charge in [-0.3, -0.25) is 0 Å². The van der Waals surface area contributed by atoms with E-state index in [0.717, 1.165) is 0 Å². The summed E-state index contributed by atoms with van der Waals surface area (Å²) >= 11 is 5.40. The normalized spacial score (nSPS) is 20.4. The zero-order valence-corrected chi connectivity index (χ0v) is 10.5. The van der Waals surface area contributed by atoms with Gasteiger partial charge < -0.3 is 4.74 Å². The molecule has 0 aromatic carbocycles. The summed E-state index contributed by atoms with van der Waals surface area (Å²) in [5.41, 5.74) is -1.33. The summed E-state index contributed by atoms with van der Waals surface area (Å²) in [4.78, 5) is -0.640. The van der Waals surface area contributed by atoms with Crippen LogP contribution < -0.4 is 0 Å². The number of hydrogen-bond donors (Lipinski definition) is 0. The van der Waals surface area contributed by atoms with Crippen LogP contribution in [0.4, 0.5) is 22.0 Å². The minimum Gasteiger partial charge on any atom is -0.361 e. The summed E-state index contributed by atoms with van der Waals surface area (Å²) < 4.78 is 87.6. The fourth-order valence-electron chi connectivity index (χ4n) is 1.30. The van der Waals surface area contributed by atoms with E-state index in [2.05, 4.69) is 4.74 Å². The Kier molecular flexibility index (Phi) is 5.11. The summed E-state index contributed by atoms with van der Waals surface area (Å²) in [5.74, 6) is 0. The molecule has 0 saturated carbocycles. The molecule has 0 saturated heterocycles. The molecule has 0 amide bonds. The Labute approximate surface area is 110 Å². The topological polar surface area (TPSA) is 43.4 Å². The van der Waals surface area contributed by atoms with E-state index in [9.17, 15) is 30.4 Å². The van der Waals surface area contributed by atoms with Crippen LogP contribution in [0.15, 0.2) is 22.8 Å². The van der Waals surface area contributed by atoms with Crippen molar-refractivity contribution in [3.05, 3.63) is 22.8 Å². The molecule has 0 aromatic rings. The molecule has 108 valence electrons. The fourth-order valence-corrected chi connectivity index (χ4v) is 2.25. The highest BCUT2D eigenvalue weighted by Gasteiger charge is 2.40. The Balaban J connectivity index is 3.22. The molecule has 1 atom stereocenters. The fraction of sp³-hybridized carbons (Fsp3) is 0.444. The van der Waals surface area contributed by atoms with Crippen LogP contribution in [0.25, 0.3) is 0 Å². The van der Waals surface area contributed by atoms with Gasteiger partial charge in [-0.25, -0.2) is 8.78 Å². The van der Waals surface area contributed by atoms with Gasteiger partial charge in [0.05, 0.1) is 10.6 Å². The largest absolute Gasteiger partial charge is 0.417 e. The minimum atomic E-state index is -4.84. The van der Waals surface area contributed by atoms with Crippen LogP contribution in [0.3, 0.4) is 0 Å². The highest BCUT2D eigenvalue weighted by Crippen LogP contribution is 2.35. The number of ether oxygens (including phenoxy) is 1. The van der Waals surface area contributed by atoms with E-state index in [0.29, 0.717) is 12.2 Å². The van der Waals surface area contributed by atoms with Gasteiger partial charge in [-0.1, -0.05) is 11.6 Å². The van der Waals surface area contributed by atoms with Crippen molar-refractivity contribution in [1.82, 2.24) is 0 Å². The van der Waals surface area contributed by atoms with Crippen LogP contribution >= 0.6 is 11.6 Å². The van der Waals surface area contributed by atoms with E-state index < -0.39 is 51.1 Å². The number of allylic oxidation sites excluding steroid dienone is 2. The van der Waals surface area contributed by atoms with Gasteiger partial charge in [0.2, 0.25) is 10.3 Å². The maximum absolute atomic E-state index is 12.5. The van der Waals surface area contributed by atoms with E-state index in [1.54, 1.807) is 0 Å². The predicted molar refractivity (Wildman–Crippen MR) is 57.7 cm³/mol. The lowest BCUT2D eigenvalue weighted by atomic mass is 10.0. The van der Waals surface area contributed by atoms with Crippen LogP contribution in [-0.2, 0) is 15.0 Å². The Morgan fingerprint density at radius 1 is 1.32 bits per heavy atom. The second-order valence-corrected chi connectivity index (χ2v) is 4.68. The molecule has 0 aromatic heterocycles. The van der Waals surface area contributed by atoms with Crippen LogP contribution in [-0.4, -0.2) is 38.6 Å². The number of halogens is 6. The van der Waals surface area contributed by atoms with Crippen LogP contribution in [0.5, 0.6) is 0 Å². The molecule has 0 radical (unpaired) electrons. The number of alkyl halides is 5. The summed E-state index contributed by atoms with van der Waals surface area (Å²) in [7, 11) is -2.94. The summed E-state index contributed by atoms with van der Waals surface area (Å²) in [6.45, 7) is -1.24. The van der Waals surface area contributed by atoms with Crippen molar-refractivity contribution in [2.45, 2.75) is 18.7 Å². The molecule has 10 heteroatoms. The summed E-state index contributed by atoms with van der Waals surface area (Å²) in [6.07, 6.45) is -8.61. The van der Waals surface area contributed by atoms with Crippen molar-refractivity contribution in [2.24, 2.45) is 0 Å².